The molecule has 1 aromatic carbocycles. The van der Waals surface area contributed by atoms with Crippen LogP contribution in [0.5, 0.6) is 0 Å². The van der Waals surface area contributed by atoms with E-state index in [1.54, 1.807) is 0 Å². The van der Waals surface area contributed by atoms with Gasteiger partial charge in [0.15, 0.2) is 0 Å². The molecular formula is C12H15F3N2O. The molecule has 0 aliphatic heterocycles. The van der Waals surface area contributed by atoms with Crippen molar-refractivity contribution in [3.63, 3.8) is 0 Å². The van der Waals surface area contributed by atoms with E-state index in [9.17, 15) is 18.3 Å². The van der Waals surface area contributed by atoms with Crippen LogP contribution in [0.25, 0.3) is 0 Å². The molecule has 1 aromatic rings. The van der Waals surface area contributed by atoms with Crippen molar-refractivity contribution in [3.8, 4) is 0 Å². The van der Waals surface area contributed by atoms with E-state index in [0.717, 1.165) is 18.6 Å². The summed E-state index contributed by atoms with van der Waals surface area (Å²) in [6.45, 7) is 0.308. The normalized spacial score (nSPS) is 18.2. The molecule has 1 aliphatic rings. The highest BCUT2D eigenvalue weighted by molar-refractivity contribution is 5.67. The van der Waals surface area contributed by atoms with Crippen LogP contribution in [0.1, 0.15) is 24.8 Å². The first kappa shape index (κ1) is 13.0. The number of hydrogen-bond donors (Lipinski definition) is 3. The first-order valence-electron chi connectivity index (χ1n) is 5.73. The highest BCUT2D eigenvalue weighted by Gasteiger charge is 2.34. The van der Waals surface area contributed by atoms with Gasteiger partial charge in [-0.25, -0.2) is 0 Å². The number of aliphatic hydroxyl groups is 1. The molecule has 0 amide bonds. The van der Waals surface area contributed by atoms with Crippen molar-refractivity contribution in [2.45, 2.75) is 31.0 Å². The highest BCUT2D eigenvalue weighted by Crippen LogP contribution is 2.34. The van der Waals surface area contributed by atoms with Gasteiger partial charge in [-0.15, -0.1) is 0 Å². The van der Waals surface area contributed by atoms with Gasteiger partial charge in [0.2, 0.25) is 0 Å². The Labute approximate surface area is 103 Å². The maximum atomic E-state index is 12.4. The Hall–Kier alpha value is -1.43. The molecule has 18 heavy (non-hydrogen) atoms. The molecule has 1 aliphatic carbocycles. The van der Waals surface area contributed by atoms with E-state index in [2.05, 4.69) is 5.32 Å². The van der Waals surface area contributed by atoms with Gasteiger partial charge in [-0.2, -0.15) is 13.2 Å². The molecule has 0 bridgehead atoms. The SMILES string of the molecule is Nc1cc(C(F)(F)F)ccc1NCC1(O)CCC1. The van der Waals surface area contributed by atoms with Crippen LogP contribution in [0.3, 0.4) is 0 Å². The second-order valence-electron chi connectivity index (χ2n) is 4.73. The van der Waals surface area contributed by atoms with Gasteiger partial charge in [-0.3, -0.25) is 0 Å². The van der Waals surface area contributed by atoms with Crippen molar-refractivity contribution in [1.29, 1.82) is 0 Å². The largest absolute Gasteiger partial charge is 0.416 e. The van der Waals surface area contributed by atoms with Crippen LogP contribution in [0, 0.1) is 0 Å². The molecule has 0 radical (unpaired) electrons. The molecule has 0 unspecified atom stereocenters. The number of nitrogens with two attached hydrogens (primary N) is 1. The molecular weight excluding hydrogens is 245 g/mol. The quantitative estimate of drug-likeness (QED) is 0.732. The number of halogens is 3. The van der Waals surface area contributed by atoms with Crippen LogP contribution >= 0.6 is 0 Å². The number of rotatable bonds is 3. The minimum Gasteiger partial charge on any atom is -0.397 e. The van der Waals surface area contributed by atoms with Crippen LogP contribution < -0.4 is 11.1 Å². The first-order valence-corrected chi connectivity index (χ1v) is 5.73. The van der Waals surface area contributed by atoms with Gasteiger partial charge in [0.1, 0.15) is 0 Å². The standard InChI is InChI=1S/C12H15F3N2O/c13-12(14,15)8-2-3-10(9(16)6-8)17-7-11(18)4-1-5-11/h2-3,6,17-18H,1,4-5,7,16H2. The van der Waals surface area contributed by atoms with E-state index < -0.39 is 17.3 Å². The zero-order chi connectivity index (χ0) is 13.4. The molecule has 0 heterocycles. The fraction of sp³-hybridized carbons (Fsp3) is 0.500. The predicted octanol–water partition coefficient (Wildman–Crippen LogP) is 2.61. The fourth-order valence-electron chi connectivity index (χ4n) is 1.92. The van der Waals surface area contributed by atoms with E-state index in [1.807, 2.05) is 0 Å². The number of alkyl halides is 3. The molecule has 0 aromatic heterocycles. The minimum absolute atomic E-state index is 0.0350. The zero-order valence-electron chi connectivity index (χ0n) is 9.72. The molecule has 0 saturated heterocycles. The lowest BCUT2D eigenvalue weighted by molar-refractivity contribution is -0.137. The van der Waals surface area contributed by atoms with Gasteiger partial charge in [0.05, 0.1) is 22.5 Å². The van der Waals surface area contributed by atoms with E-state index in [1.165, 1.54) is 6.07 Å². The second-order valence-corrected chi connectivity index (χ2v) is 4.73. The Kier molecular flexibility index (Phi) is 3.14. The van der Waals surface area contributed by atoms with Crippen molar-refractivity contribution in [2.75, 3.05) is 17.6 Å². The Bertz CT molecular complexity index is 441. The minimum atomic E-state index is -4.39. The number of anilines is 2. The zero-order valence-corrected chi connectivity index (χ0v) is 9.72. The second kappa shape index (κ2) is 4.35. The van der Waals surface area contributed by atoms with Crippen molar-refractivity contribution in [1.82, 2.24) is 0 Å². The average molecular weight is 260 g/mol. The summed E-state index contributed by atoms with van der Waals surface area (Å²) in [6, 6.07) is 3.16. The Morgan fingerprint density at radius 1 is 1.33 bits per heavy atom. The summed E-state index contributed by atoms with van der Waals surface area (Å²) < 4.78 is 37.3. The molecule has 0 atom stereocenters. The van der Waals surface area contributed by atoms with Gasteiger partial charge < -0.3 is 16.2 Å². The van der Waals surface area contributed by atoms with Crippen molar-refractivity contribution in [2.24, 2.45) is 0 Å². The number of nitrogen functional groups attached to an aromatic ring is 1. The van der Waals surface area contributed by atoms with E-state index >= 15 is 0 Å². The number of hydrogen-bond acceptors (Lipinski definition) is 3. The van der Waals surface area contributed by atoms with E-state index in [-0.39, 0.29) is 5.69 Å². The average Bonchev–Trinajstić information content (AvgIpc) is 2.23. The van der Waals surface area contributed by atoms with Crippen LogP contribution in [-0.2, 0) is 6.18 Å². The van der Waals surface area contributed by atoms with Gasteiger partial charge in [-0.05, 0) is 37.5 Å². The maximum Gasteiger partial charge on any atom is 0.416 e. The lowest BCUT2D eigenvalue weighted by atomic mass is 9.80. The third kappa shape index (κ3) is 2.69. The van der Waals surface area contributed by atoms with E-state index in [0.29, 0.717) is 25.1 Å². The molecule has 6 heteroatoms. The summed E-state index contributed by atoms with van der Waals surface area (Å²) in [7, 11) is 0. The monoisotopic (exact) mass is 260 g/mol. The molecule has 2 rings (SSSR count). The summed E-state index contributed by atoms with van der Waals surface area (Å²) in [6.07, 6.45) is -2.00. The van der Waals surface area contributed by atoms with Crippen molar-refractivity contribution < 1.29 is 18.3 Å². The van der Waals surface area contributed by atoms with Crippen molar-refractivity contribution in [3.05, 3.63) is 23.8 Å². The van der Waals surface area contributed by atoms with Gasteiger partial charge in [-0.1, -0.05) is 0 Å². The fourth-order valence-corrected chi connectivity index (χ4v) is 1.92. The molecule has 100 valence electrons. The molecule has 0 spiro atoms. The summed E-state index contributed by atoms with van der Waals surface area (Å²) in [5.74, 6) is 0. The van der Waals surface area contributed by atoms with Crippen LogP contribution in [0.4, 0.5) is 24.5 Å². The number of benzene rings is 1. The van der Waals surface area contributed by atoms with Gasteiger partial charge >= 0.3 is 6.18 Å². The third-order valence-electron chi connectivity index (χ3n) is 3.27. The third-order valence-corrected chi connectivity index (χ3v) is 3.27. The maximum absolute atomic E-state index is 12.4. The van der Waals surface area contributed by atoms with Gasteiger partial charge in [0, 0.05) is 6.54 Å². The summed E-state index contributed by atoms with van der Waals surface area (Å²) >= 11 is 0. The van der Waals surface area contributed by atoms with Crippen LogP contribution in [0.15, 0.2) is 18.2 Å². The summed E-state index contributed by atoms with van der Waals surface area (Å²) in [5.41, 5.74) is 4.51. The molecule has 1 saturated carbocycles. The Morgan fingerprint density at radius 3 is 2.44 bits per heavy atom. The topological polar surface area (TPSA) is 58.3 Å². The van der Waals surface area contributed by atoms with E-state index in [4.69, 9.17) is 5.73 Å². The number of nitrogens with one attached hydrogen (secondary N) is 1. The summed E-state index contributed by atoms with van der Waals surface area (Å²) in [5, 5.41) is 12.8. The predicted molar refractivity (Wildman–Crippen MR) is 63.1 cm³/mol. The Morgan fingerprint density at radius 2 is 2.00 bits per heavy atom. The lowest BCUT2D eigenvalue weighted by Gasteiger charge is -2.37. The molecule has 4 N–H and O–H groups in total. The Balaban J connectivity index is 2.06. The van der Waals surface area contributed by atoms with Crippen molar-refractivity contribution >= 4 is 11.4 Å². The van der Waals surface area contributed by atoms with Gasteiger partial charge in [0.25, 0.3) is 0 Å². The first-order chi connectivity index (χ1) is 8.30. The van der Waals surface area contributed by atoms with Crippen LogP contribution in [0.2, 0.25) is 0 Å². The molecule has 3 nitrogen and oxygen atoms in total. The highest BCUT2D eigenvalue weighted by atomic mass is 19.4. The summed E-state index contributed by atoms with van der Waals surface area (Å²) in [4.78, 5) is 0. The van der Waals surface area contributed by atoms with Crippen LogP contribution in [-0.4, -0.2) is 17.3 Å². The lowest BCUT2D eigenvalue weighted by Crippen LogP contribution is -2.43. The molecule has 1 fully saturated rings. The smallest absolute Gasteiger partial charge is 0.397 e.